The summed E-state index contributed by atoms with van der Waals surface area (Å²) < 4.78 is 5.29. The number of ketones is 1. The maximum absolute atomic E-state index is 13.0. The van der Waals surface area contributed by atoms with E-state index in [1.165, 1.54) is 12.8 Å². The fraction of sp³-hybridized carbons (Fsp3) is 0.259. The number of carbonyl (C=O) groups is 2. The van der Waals surface area contributed by atoms with Gasteiger partial charge in [-0.1, -0.05) is 42.5 Å². The second-order valence-electron chi connectivity index (χ2n) is 8.38. The third-order valence-corrected chi connectivity index (χ3v) is 6.53. The van der Waals surface area contributed by atoms with E-state index in [2.05, 4.69) is 22.3 Å². The van der Waals surface area contributed by atoms with Crippen LogP contribution in [0, 0.1) is 0 Å². The summed E-state index contributed by atoms with van der Waals surface area (Å²) >= 11 is 0. The zero-order valence-corrected chi connectivity index (χ0v) is 18.1. The Balaban J connectivity index is 1.34. The van der Waals surface area contributed by atoms with E-state index in [0.29, 0.717) is 23.2 Å². The number of hydrogen-bond donors (Lipinski definition) is 1. The second-order valence-corrected chi connectivity index (χ2v) is 8.38. The van der Waals surface area contributed by atoms with Crippen LogP contribution < -0.4 is 10.1 Å². The summed E-state index contributed by atoms with van der Waals surface area (Å²) in [5.74, 6) is 0.648. The number of methoxy groups -OCH3 is 1. The molecule has 1 unspecified atom stereocenters. The summed E-state index contributed by atoms with van der Waals surface area (Å²) in [6.07, 6.45) is 2.35. The lowest BCUT2D eigenvalue weighted by Gasteiger charge is -2.28. The number of likely N-dealkylation sites (tertiary alicyclic amines) is 1. The Bertz CT molecular complexity index is 1160. The number of fused-ring (bicyclic) bond motifs is 3. The van der Waals surface area contributed by atoms with Crippen LogP contribution in [0.1, 0.15) is 50.7 Å². The second kappa shape index (κ2) is 8.60. The standard InChI is InChI=1S/C27H26N2O3/c1-32-20-11-8-18(9-12-20)25(29-14-4-5-15-29)17-28-27(31)19-10-13-22-21-6-2-3-7-23(21)26(30)24(22)16-19/h2-3,6-13,16,25H,4-5,14-15,17H2,1H3,(H,28,31). The van der Waals surface area contributed by atoms with Crippen LogP contribution in [0.25, 0.3) is 11.1 Å². The Labute approximate surface area is 188 Å². The van der Waals surface area contributed by atoms with Crippen molar-refractivity contribution < 1.29 is 14.3 Å². The van der Waals surface area contributed by atoms with Gasteiger partial charge in [-0.15, -0.1) is 0 Å². The van der Waals surface area contributed by atoms with Crippen molar-refractivity contribution in [3.8, 4) is 16.9 Å². The van der Waals surface area contributed by atoms with Gasteiger partial charge in [-0.25, -0.2) is 0 Å². The maximum Gasteiger partial charge on any atom is 0.251 e. The van der Waals surface area contributed by atoms with E-state index in [9.17, 15) is 9.59 Å². The molecule has 1 atom stereocenters. The largest absolute Gasteiger partial charge is 0.497 e. The van der Waals surface area contributed by atoms with Crippen molar-refractivity contribution in [2.45, 2.75) is 18.9 Å². The fourth-order valence-corrected chi connectivity index (χ4v) is 4.80. The molecular weight excluding hydrogens is 400 g/mol. The van der Waals surface area contributed by atoms with E-state index in [-0.39, 0.29) is 17.7 Å². The zero-order valence-electron chi connectivity index (χ0n) is 18.1. The summed E-state index contributed by atoms with van der Waals surface area (Å²) in [5.41, 5.74) is 4.81. The van der Waals surface area contributed by atoms with Crippen LogP contribution in [0.15, 0.2) is 66.7 Å². The molecule has 0 radical (unpaired) electrons. The average molecular weight is 427 g/mol. The Hall–Kier alpha value is -3.44. The Morgan fingerprint density at radius 2 is 1.62 bits per heavy atom. The van der Waals surface area contributed by atoms with Gasteiger partial charge in [0.25, 0.3) is 5.91 Å². The van der Waals surface area contributed by atoms with Crippen LogP contribution >= 0.6 is 0 Å². The van der Waals surface area contributed by atoms with Crippen molar-refractivity contribution in [1.82, 2.24) is 10.2 Å². The molecule has 32 heavy (non-hydrogen) atoms. The SMILES string of the molecule is COc1ccc(C(CNC(=O)c2ccc3c(c2)C(=O)c2ccccc2-3)N2CCCC2)cc1. The first-order valence-corrected chi connectivity index (χ1v) is 11.1. The molecule has 0 aromatic heterocycles. The van der Waals surface area contributed by atoms with Gasteiger partial charge < -0.3 is 10.1 Å². The smallest absolute Gasteiger partial charge is 0.251 e. The molecule has 0 saturated carbocycles. The lowest BCUT2D eigenvalue weighted by molar-refractivity contribution is 0.0938. The van der Waals surface area contributed by atoms with Crippen LogP contribution in [-0.2, 0) is 0 Å². The number of amides is 1. The minimum absolute atomic E-state index is 0.0153. The van der Waals surface area contributed by atoms with Gasteiger partial charge in [0, 0.05) is 23.2 Å². The Morgan fingerprint density at radius 3 is 2.34 bits per heavy atom. The molecule has 1 fully saturated rings. The topological polar surface area (TPSA) is 58.6 Å². The number of ether oxygens (including phenoxy) is 1. The molecule has 1 amide bonds. The van der Waals surface area contributed by atoms with Crippen molar-refractivity contribution in [3.63, 3.8) is 0 Å². The van der Waals surface area contributed by atoms with E-state index in [0.717, 1.165) is 35.5 Å². The molecular formula is C27H26N2O3. The van der Waals surface area contributed by atoms with E-state index >= 15 is 0 Å². The first-order valence-electron chi connectivity index (χ1n) is 11.1. The lowest BCUT2D eigenvalue weighted by atomic mass is 10.0. The average Bonchev–Trinajstić information content (AvgIpc) is 3.47. The van der Waals surface area contributed by atoms with Crippen LogP contribution in [0.5, 0.6) is 5.75 Å². The maximum atomic E-state index is 13.0. The summed E-state index contributed by atoms with van der Waals surface area (Å²) in [4.78, 5) is 28.2. The van der Waals surface area contributed by atoms with Gasteiger partial charge in [0.15, 0.2) is 5.78 Å². The zero-order chi connectivity index (χ0) is 22.1. The molecule has 2 aliphatic rings. The molecule has 5 heteroatoms. The van der Waals surface area contributed by atoms with Crippen LogP contribution in [0.2, 0.25) is 0 Å². The number of rotatable bonds is 6. The van der Waals surface area contributed by atoms with Gasteiger partial charge in [0.2, 0.25) is 0 Å². The van der Waals surface area contributed by atoms with E-state index in [1.807, 2.05) is 48.5 Å². The molecule has 1 heterocycles. The predicted octanol–water partition coefficient (Wildman–Crippen LogP) is 4.47. The minimum atomic E-state index is -0.158. The van der Waals surface area contributed by atoms with Gasteiger partial charge in [-0.2, -0.15) is 0 Å². The summed E-state index contributed by atoms with van der Waals surface area (Å²) in [6, 6.07) is 21.2. The lowest BCUT2D eigenvalue weighted by Crippen LogP contribution is -2.36. The summed E-state index contributed by atoms with van der Waals surface area (Å²) in [5, 5.41) is 3.11. The van der Waals surface area contributed by atoms with Crippen molar-refractivity contribution in [1.29, 1.82) is 0 Å². The molecule has 0 spiro atoms. The number of hydrogen-bond acceptors (Lipinski definition) is 4. The number of nitrogens with one attached hydrogen (secondary N) is 1. The van der Waals surface area contributed by atoms with Crippen molar-refractivity contribution in [2.75, 3.05) is 26.7 Å². The van der Waals surface area contributed by atoms with E-state index in [1.54, 1.807) is 13.2 Å². The van der Waals surface area contributed by atoms with Crippen LogP contribution in [-0.4, -0.2) is 43.3 Å². The van der Waals surface area contributed by atoms with Gasteiger partial charge in [0.05, 0.1) is 13.2 Å². The van der Waals surface area contributed by atoms with Crippen molar-refractivity contribution >= 4 is 11.7 Å². The quantitative estimate of drug-likeness (QED) is 0.494. The monoisotopic (exact) mass is 426 g/mol. The molecule has 3 aromatic carbocycles. The molecule has 162 valence electrons. The third kappa shape index (κ3) is 3.69. The summed E-state index contributed by atoms with van der Waals surface area (Å²) in [7, 11) is 1.66. The van der Waals surface area contributed by atoms with Gasteiger partial charge >= 0.3 is 0 Å². The molecule has 1 aliphatic heterocycles. The molecule has 0 bridgehead atoms. The predicted molar refractivity (Wildman–Crippen MR) is 124 cm³/mol. The highest BCUT2D eigenvalue weighted by molar-refractivity contribution is 6.22. The highest BCUT2D eigenvalue weighted by Gasteiger charge is 2.28. The number of benzene rings is 3. The van der Waals surface area contributed by atoms with Crippen LogP contribution in [0.3, 0.4) is 0 Å². The molecule has 1 aliphatic carbocycles. The van der Waals surface area contributed by atoms with Gasteiger partial charge in [-0.3, -0.25) is 14.5 Å². The van der Waals surface area contributed by atoms with Crippen molar-refractivity contribution in [2.24, 2.45) is 0 Å². The first-order chi connectivity index (χ1) is 15.7. The normalized spacial score (nSPS) is 15.8. The fourth-order valence-electron chi connectivity index (χ4n) is 4.80. The van der Waals surface area contributed by atoms with Crippen LogP contribution in [0.4, 0.5) is 0 Å². The Kier molecular flexibility index (Phi) is 5.50. The minimum Gasteiger partial charge on any atom is -0.497 e. The summed E-state index contributed by atoms with van der Waals surface area (Å²) in [6.45, 7) is 2.56. The van der Waals surface area contributed by atoms with E-state index < -0.39 is 0 Å². The number of carbonyl (C=O) groups excluding carboxylic acids is 2. The van der Waals surface area contributed by atoms with E-state index in [4.69, 9.17) is 4.74 Å². The molecule has 3 aromatic rings. The molecule has 5 rings (SSSR count). The number of nitrogens with zero attached hydrogens (tertiary/aromatic N) is 1. The van der Waals surface area contributed by atoms with Gasteiger partial charge in [-0.05, 0) is 66.9 Å². The highest BCUT2D eigenvalue weighted by Crippen LogP contribution is 2.36. The highest BCUT2D eigenvalue weighted by atomic mass is 16.5. The molecule has 5 nitrogen and oxygen atoms in total. The van der Waals surface area contributed by atoms with Gasteiger partial charge in [0.1, 0.15) is 5.75 Å². The Morgan fingerprint density at radius 1 is 0.938 bits per heavy atom. The van der Waals surface area contributed by atoms with Crippen molar-refractivity contribution in [3.05, 3.63) is 89.0 Å². The molecule has 1 N–H and O–H groups in total. The third-order valence-electron chi connectivity index (χ3n) is 6.53. The first kappa shape index (κ1) is 20.5. The molecule has 1 saturated heterocycles.